The number of piperidine rings is 1. The summed E-state index contributed by atoms with van der Waals surface area (Å²) >= 11 is 1.06. The summed E-state index contributed by atoms with van der Waals surface area (Å²) in [7, 11) is 1.76. The standard InChI is InChI=1S/C22H29FN2O2S/c1-11-8-16(27-3)18(14-6-4-13(5-7-14)12(2)10-24)19-15-9-17(23)28-21(15)22(26)25-20(11)19/h4-7,9,11-12,15-16,18-21H,8,10,24H2,1-3H3,(H,25,26)/t11?,12-,15?,16?,18?,19?,20?,21?/m0/s1. The molecule has 1 saturated carbocycles. The fraction of sp³-hybridized carbons (Fsp3) is 0.591. The van der Waals surface area contributed by atoms with Gasteiger partial charge in [-0.05, 0) is 47.9 Å². The molecule has 152 valence electrons. The number of benzene rings is 1. The average Bonchev–Trinajstić information content (AvgIpc) is 3.10. The third kappa shape index (κ3) is 3.29. The number of hydrogen-bond acceptors (Lipinski definition) is 4. The van der Waals surface area contributed by atoms with Crippen LogP contribution in [0.15, 0.2) is 35.5 Å². The molecule has 0 bridgehead atoms. The number of hydrogen-bond donors (Lipinski definition) is 2. The maximum atomic E-state index is 14.1. The van der Waals surface area contributed by atoms with Crippen molar-refractivity contribution < 1.29 is 13.9 Å². The molecule has 3 N–H and O–H groups in total. The minimum absolute atomic E-state index is 0.0336. The molecule has 4 nitrogen and oxygen atoms in total. The first-order chi connectivity index (χ1) is 13.4. The molecule has 0 radical (unpaired) electrons. The Morgan fingerprint density at radius 3 is 2.71 bits per heavy atom. The van der Waals surface area contributed by atoms with Gasteiger partial charge in [-0.15, -0.1) is 0 Å². The van der Waals surface area contributed by atoms with Crippen LogP contribution in [0.5, 0.6) is 0 Å². The predicted molar refractivity (Wildman–Crippen MR) is 111 cm³/mol. The number of fused-ring (bicyclic) bond motifs is 3. The zero-order valence-electron chi connectivity index (χ0n) is 16.6. The fourth-order valence-electron chi connectivity index (χ4n) is 5.36. The molecule has 4 rings (SSSR count). The van der Waals surface area contributed by atoms with E-state index in [0.29, 0.717) is 12.5 Å². The normalized spacial score (nSPS) is 38.2. The van der Waals surface area contributed by atoms with Crippen molar-refractivity contribution in [2.75, 3.05) is 13.7 Å². The second kappa shape index (κ2) is 7.81. The lowest BCUT2D eigenvalue weighted by Crippen LogP contribution is -2.62. The number of rotatable bonds is 4. The lowest BCUT2D eigenvalue weighted by Gasteiger charge is -2.52. The van der Waals surface area contributed by atoms with Gasteiger partial charge in [-0.25, -0.2) is 0 Å². The van der Waals surface area contributed by atoms with Gasteiger partial charge in [-0.3, -0.25) is 4.79 Å². The van der Waals surface area contributed by atoms with E-state index in [4.69, 9.17) is 10.5 Å². The molecule has 1 aliphatic carbocycles. The van der Waals surface area contributed by atoms with Crippen molar-refractivity contribution in [3.05, 3.63) is 46.6 Å². The van der Waals surface area contributed by atoms with E-state index in [2.05, 4.69) is 43.4 Å². The molecule has 1 amide bonds. The third-order valence-electron chi connectivity index (χ3n) is 6.92. The number of nitrogens with one attached hydrogen (secondary N) is 1. The summed E-state index contributed by atoms with van der Waals surface area (Å²) in [5, 5.41) is 2.61. The summed E-state index contributed by atoms with van der Waals surface area (Å²) < 4.78 is 20.1. The molecule has 0 spiro atoms. The van der Waals surface area contributed by atoms with Crippen LogP contribution < -0.4 is 11.1 Å². The Morgan fingerprint density at radius 2 is 2.07 bits per heavy atom. The van der Waals surface area contributed by atoms with Gasteiger partial charge in [0, 0.05) is 25.0 Å². The number of methoxy groups -OCH3 is 1. The number of thioether (sulfide) groups is 1. The van der Waals surface area contributed by atoms with E-state index in [1.165, 1.54) is 11.1 Å². The first-order valence-corrected chi connectivity index (χ1v) is 11.0. The number of carbonyl (C=O) groups excluding carboxylic acids is 1. The first kappa shape index (κ1) is 19.9. The van der Waals surface area contributed by atoms with Crippen LogP contribution in [0.2, 0.25) is 0 Å². The van der Waals surface area contributed by atoms with Gasteiger partial charge >= 0.3 is 0 Å². The van der Waals surface area contributed by atoms with Gasteiger partial charge in [-0.1, -0.05) is 49.9 Å². The maximum Gasteiger partial charge on any atom is 0.234 e. The second-order valence-corrected chi connectivity index (χ2v) is 9.65. The summed E-state index contributed by atoms with van der Waals surface area (Å²) in [6.45, 7) is 4.90. The monoisotopic (exact) mass is 404 g/mol. The summed E-state index contributed by atoms with van der Waals surface area (Å²) in [5.41, 5.74) is 8.23. The summed E-state index contributed by atoms with van der Waals surface area (Å²) in [5.74, 6) is 0.701. The number of nitrogens with two attached hydrogens (primary N) is 1. The van der Waals surface area contributed by atoms with Gasteiger partial charge in [0.05, 0.1) is 11.4 Å². The van der Waals surface area contributed by atoms with E-state index in [9.17, 15) is 9.18 Å². The zero-order valence-corrected chi connectivity index (χ0v) is 17.4. The molecule has 7 unspecified atom stereocenters. The van der Waals surface area contributed by atoms with Crippen LogP contribution >= 0.6 is 11.8 Å². The molecule has 1 aromatic rings. The molecule has 8 atom stereocenters. The van der Waals surface area contributed by atoms with E-state index in [0.717, 1.165) is 18.2 Å². The Morgan fingerprint density at radius 1 is 1.36 bits per heavy atom. The van der Waals surface area contributed by atoms with Crippen LogP contribution in [0.1, 0.15) is 43.2 Å². The van der Waals surface area contributed by atoms with Crippen LogP contribution in [0, 0.1) is 17.8 Å². The van der Waals surface area contributed by atoms with Crippen molar-refractivity contribution in [2.45, 2.75) is 49.5 Å². The van der Waals surface area contributed by atoms with Crippen molar-refractivity contribution in [1.82, 2.24) is 5.32 Å². The number of carbonyl (C=O) groups is 1. The third-order valence-corrected chi connectivity index (χ3v) is 8.06. The van der Waals surface area contributed by atoms with Crippen LogP contribution in [-0.2, 0) is 9.53 Å². The van der Waals surface area contributed by atoms with E-state index in [-0.39, 0.29) is 52.1 Å². The zero-order chi connectivity index (χ0) is 20.0. The van der Waals surface area contributed by atoms with Crippen molar-refractivity contribution in [3.8, 4) is 0 Å². The minimum Gasteiger partial charge on any atom is -0.381 e. The van der Waals surface area contributed by atoms with Gasteiger partial charge in [0.25, 0.3) is 0 Å². The van der Waals surface area contributed by atoms with Crippen molar-refractivity contribution in [2.24, 2.45) is 23.5 Å². The molecular formula is C22H29FN2O2S. The van der Waals surface area contributed by atoms with Crippen LogP contribution in [-0.4, -0.2) is 37.0 Å². The number of allylic oxidation sites excluding steroid dienone is 1. The Kier molecular flexibility index (Phi) is 5.55. The first-order valence-electron chi connectivity index (χ1n) is 10.1. The van der Waals surface area contributed by atoms with Crippen LogP contribution in [0.4, 0.5) is 4.39 Å². The van der Waals surface area contributed by atoms with Crippen molar-refractivity contribution in [1.29, 1.82) is 0 Å². The van der Waals surface area contributed by atoms with Gasteiger partial charge in [0.15, 0.2) is 5.16 Å². The fourth-order valence-corrected chi connectivity index (χ4v) is 6.43. The second-order valence-electron chi connectivity index (χ2n) is 8.51. The van der Waals surface area contributed by atoms with E-state index >= 15 is 0 Å². The molecule has 2 aliphatic heterocycles. The van der Waals surface area contributed by atoms with Gasteiger partial charge < -0.3 is 15.8 Å². The Labute approximate surface area is 170 Å². The molecule has 3 aliphatic rings. The van der Waals surface area contributed by atoms with Gasteiger partial charge in [0.2, 0.25) is 5.91 Å². The molecule has 1 aromatic carbocycles. The predicted octanol–water partition coefficient (Wildman–Crippen LogP) is 3.54. The molecule has 6 heteroatoms. The number of ether oxygens (including phenoxy) is 1. The Balaban J connectivity index is 1.73. The van der Waals surface area contributed by atoms with Gasteiger partial charge in [0.1, 0.15) is 0 Å². The largest absolute Gasteiger partial charge is 0.381 e. The molecule has 0 aromatic heterocycles. The summed E-state index contributed by atoms with van der Waals surface area (Å²) in [6, 6.07) is 8.66. The lowest BCUT2D eigenvalue weighted by molar-refractivity contribution is -0.128. The Bertz CT molecular complexity index is 768. The van der Waals surface area contributed by atoms with Crippen LogP contribution in [0.3, 0.4) is 0 Å². The molecule has 1 saturated heterocycles. The molecule has 2 fully saturated rings. The highest BCUT2D eigenvalue weighted by atomic mass is 32.2. The topological polar surface area (TPSA) is 64.3 Å². The van der Waals surface area contributed by atoms with E-state index in [1.807, 2.05) is 0 Å². The quantitative estimate of drug-likeness (QED) is 0.806. The minimum atomic E-state index is -0.372. The van der Waals surface area contributed by atoms with Crippen molar-refractivity contribution in [3.63, 3.8) is 0 Å². The molecular weight excluding hydrogens is 375 g/mol. The Hall–Kier alpha value is -1.37. The van der Waals surface area contributed by atoms with Crippen molar-refractivity contribution >= 4 is 17.7 Å². The smallest absolute Gasteiger partial charge is 0.234 e. The highest BCUT2D eigenvalue weighted by Crippen LogP contribution is 2.53. The summed E-state index contributed by atoms with van der Waals surface area (Å²) in [4.78, 5) is 12.6. The number of halogens is 1. The highest BCUT2D eigenvalue weighted by Gasteiger charge is 2.55. The maximum absolute atomic E-state index is 14.1. The number of amides is 1. The lowest BCUT2D eigenvalue weighted by atomic mass is 9.60. The SMILES string of the molecule is COC1CC(C)C2NC(=O)C3SC(F)=CC3C2C1c1ccc([C@@H](C)CN)cc1. The van der Waals surface area contributed by atoms with Gasteiger partial charge in [-0.2, -0.15) is 4.39 Å². The average molecular weight is 405 g/mol. The highest BCUT2D eigenvalue weighted by molar-refractivity contribution is 8.04. The summed E-state index contributed by atoms with van der Waals surface area (Å²) in [6.07, 6.45) is 2.60. The van der Waals surface area contributed by atoms with E-state index < -0.39 is 0 Å². The van der Waals surface area contributed by atoms with E-state index in [1.54, 1.807) is 13.2 Å². The molecule has 28 heavy (non-hydrogen) atoms. The van der Waals surface area contributed by atoms with Crippen LogP contribution in [0.25, 0.3) is 0 Å². The molecule has 2 heterocycles.